The molecule has 0 atom stereocenters. The van der Waals surface area contributed by atoms with Crippen LogP contribution < -0.4 is 11.2 Å². The lowest BCUT2D eigenvalue weighted by molar-refractivity contribution is 0.0956. The molecule has 1 heterocycles. The third-order valence-corrected chi connectivity index (χ3v) is 4.73. The molecule has 0 saturated carbocycles. The summed E-state index contributed by atoms with van der Waals surface area (Å²) in [5, 5.41) is 5.19. The van der Waals surface area contributed by atoms with Gasteiger partial charge in [0.2, 0.25) is 0 Å². The van der Waals surface area contributed by atoms with Gasteiger partial charge in [-0.05, 0) is 50.2 Å². The number of anilines is 1. The molecule has 0 saturated heterocycles. The van der Waals surface area contributed by atoms with E-state index >= 15 is 0 Å². The number of rotatable bonds is 4. The molecule has 0 aliphatic rings. The summed E-state index contributed by atoms with van der Waals surface area (Å²) in [4.78, 5) is 12.2. The van der Waals surface area contributed by atoms with E-state index in [1.807, 2.05) is 30.5 Å². The normalized spacial score (nSPS) is 11.1. The lowest BCUT2D eigenvalue weighted by atomic mass is 10.2. The van der Waals surface area contributed by atoms with Crippen molar-refractivity contribution >= 4 is 41.0 Å². The lowest BCUT2D eigenvalue weighted by Gasteiger charge is -2.11. The van der Waals surface area contributed by atoms with Gasteiger partial charge in [-0.25, -0.2) is 5.43 Å². The molecule has 0 aliphatic carbocycles. The Hall–Kier alpha value is -2.76. The van der Waals surface area contributed by atoms with E-state index in [0.29, 0.717) is 21.3 Å². The van der Waals surface area contributed by atoms with Crippen molar-refractivity contribution in [1.29, 1.82) is 0 Å². The average Bonchev–Trinajstić information content (AvgIpc) is 2.89. The van der Waals surface area contributed by atoms with Gasteiger partial charge in [0.25, 0.3) is 5.91 Å². The van der Waals surface area contributed by atoms with Crippen LogP contribution >= 0.6 is 23.2 Å². The summed E-state index contributed by atoms with van der Waals surface area (Å²) in [5.74, 6) is -0.362. The highest BCUT2D eigenvalue weighted by atomic mass is 35.5. The Morgan fingerprint density at radius 1 is 1.15 bits per heavy atom. The van der Waals surface area contributed by atoms with E-state index in [4.69, 9.17) is 28.9 Å². The van der Waals surface area contributed by atoms with E-state index in [1.54, 1.807) is 42.6 Å². The Morgan fingerprint density at radius 3 is 2.59 bits per heavy atom. The predicted molar refractivity (Wildman–Crippen MR) is 111 cm³/mol. The van der Waals surface area contributed by atoms with E-state index in [0.717, 1.165) is 22.6 Å². The van der Waals surface area contributed by atoms with Crippen molar-refractivity contribution in [3.05, 3.63) is 81.1 Å². The molecular weight excluding hydrogens is 383 g/mol. The van der Waals surface area contributed by atoms with Gasteiger partial charge >= 0.3 is 0 Å². The number of aromatic nitrogens is 1. The Balaban J connectivity index is 1.83. The molecule has 1 aromatic heterocycles. The minimum Gasteiger partial charge on any atom is -0.398 e. The van der Waals surface area contributed by atoms with Crippen LogP contribution in [0, 0.1) is 13.8 Å². The van der Waals surface area contributed by atoms with E-state index in [1.165, 1.54) is 0 Å². The summed E-state index contributed by atoms with van der Waals surface area (Å²) >= 11 is 12.3. The largest absolute Gasteiger partial charge is 0.398 e. The van der Waals surface area contributed by atoms with Gasteiger partial charge in [0.1, 0.15) is 0 Å². The summed E-state index contributed by atoms with van der Waals surface area (Å²) in [5.41, 5.74) is 12.7. The molecule has 3 N–H and O–H groups in total. The van der Waals surface area contributed by atoms with Crippen molar-refractivity contribution in [3.63, 3.8) is 0 Å². The maximum atomic E-state index is 12.2. The number of hydrazone groups is 1. The summed E-state index contributed by atoms with van der Waals surface area (Å²) in [6, 6.07) is 14.2. The Bertz CT molecular complexity index is 1040. The number of nitrogen functional groups attached to an aromatic ring is 1. The zero-order chi connectivity index (χ0) is 19.6. The van der Waals surface area contributed by atoms with Crippen molar-refractivity contribution in [2.24, 2.45) is 5.10 Å². The summed E-state index contributed by atoms with van der Waals surface area (Å²) < 4.78 is 2.01. The third kappa shape index (κ3) is 3.99. The second-order valence-electron chi connectivity index (χ2n) is 6.04. The zero-order valence-corrected chi connectivity index (χ0v) is 16.3. The predicted octanol–water partition coefficient (Wildman–Crippen LogP) is 4.75. The third-order valence-electron chi connectivity index (χ3n) is 4.20. The number of amides is 1. The van der Waals surface area contributed by atoms with Crippen molar-refractivity contribution in [3.8, 4) is 5.69 Å². The highest BCUT2D eigenvalue weighted by Crippen LogP contribution is 2.28. The fraction of sp³-hybridized carbons (Fsp3) is 0.100. The van der Waals surface area contributed by atoms with Crippen molar-refractivity contribution in [2.45, 2.75) is 13.8 Å². The first-order chi connectivity index (χ1) is 12.9. The van der Waals surface area contributed by atoms with Crippen LogP contribution in [0.25, 0.3) is 5.69 Å². The van der Waals surface area contributed by atoms with Crippen molar-refractivity contribution in [2.75, 3.05) is 5.73 Å². The standard InChI is InChI=1S/C20H18Cl2N4O/c1-12-9-14(11-24-25-20(27)16-5-3-4-6-18(16)23)13(2)26(12)19-8-7-15(21)10-17(19)22/h3-11H,23H2,1-2H3,(H,25,27)/b24-11-. The van der Waals surface area contributed by atoms with E-state index in [-0.39, 0.29) is 5.91 Å². The Labute approximate surface area is 167 Å². The SMILES string of the molecule is Cc1cc(/C=N\NC(=O)c2ccccc2N)c(C)n1-c1ccc(Cl)cc1Cl. The van der Waals surface area contributed by atoms with Crippen molar-refractivity contribution in [1.82, 2.24) is 9.99 Å². The Morgan fingerprint density at radius 2 is 1.89 bits per heavy atom. The minimum absolute atomic E-state index is 0.362. The van der Waals surface area contributed by atoms with E-state index < -0.39 is 0 Å². The summed E-state index contributed by atoms with van der Waals surface area (Å²) in [7, 11) is 0. The average molecular weight is 401 g/mol. The number of carbonyl (C=O) groups excluding carboxylic acids is 1. The molecule has 7 heteroatoms. The molecule has 27 heavy (non-hydrogen) atoms. The van der Waals surface area contributed by atoms with Gasteiger partial charge in [-0.15, -0.1) is 0 Å². The summed E-state index contributed by atoms with van der Waals surface area (Å²) in [6.07, 6.45) is 1.60. The smallest absolute Gasteiger partial charge is 0.273 e. The molecular formula is C20H18Cl2N4O. The van der Waals surface area contributed by atoms with Crippen LogP contribution in [-0.4, -0.2) is 16.7 Å². The van der Waals surface area contributed by atoms with Crippen LogP contribution in [0.3, 0.4) is 0 Å². The second-order valence-corrected chi connectivity index (χ2v) is 6.89. The molecule has 2 aromatic carbocycles. The molecule has 0 fully saturated rings. The molecule has 0 radical (unpaired) electrons. The molecule has 0 unspecified atom stereocenters. The first-order valence-electron chi connectivity index (χ1n) is 8.20. The number of nitrogens with two attached hydrogens (primary N) is 1. The molecule has 3 aromatic rings. The van der Waals surface area contributed by atoms with E-state index in [9.17, 15) is 4.79 Å². The van der Waals surface area contributed by atoms with Gasteiger partial charge in [0.15, 0.2) is 0 Å². The monoisotopic (exact) mass is 400 g/mol. The molecule has 1 amide bonds. The number of halogens is 2. The zero-order valence-electron chi connectivity index (χ0n) is 14.8. The molecule has 5 nitrogen and oxygen atoms in total. The van der Waals surface area contributed by atoms with Gasteiger partial charge in [0.05, 0.1) is 22.5 Å². The summed E-state index contributed by atoms with van der Waals surface area (Å²) in [6.45, 7) is 3.93. The molecule has 138 valence electrons. The number of carbonyl (C=O) groups is 1. The number of hydrogen-bond donors (Lipinski definition) is 2. The van der Waals surface area contributed by atoms with Crippen LogP contribution in [-0.2, 0) is 0 Å². The van der Waals surface area contributed by atoms with Gasteiger partial charge in [-0.1, -0.05) is 35.3 Å². The number of nitrogens with one attached hydrogen (secondary N) is 1. The lowest BCUT2D eigenvalue weighted by Crippen LogP contribution is -2.19. The highest BCUT2D eigenvalue weighted by Gasteiger charge is 2.13. The number of benzene rings is 2. The van der Waals surface area contributed by atoms with Crippen LogP contribution in [0.15, 0.2) is 53.6 Å². The molecule has 0 aliphatic heterocycles. The van der Waals surface area contributed by atoms with Crippen LogP contribution in [0.2, 0.25) is 10.0 Å². The first-order valence-corrected chi connectivity index (χ1v) is 8.96. The fourth-order valence-electron chi connectivity index (χ4n) is 2.88. The van der Waals surface area contributed by atoms with E-state index in [2.05, 4.69) is 10.5 Å². The highest BCUT2D eigenvalue weighted by molar-refractivity contribution is 6.35. The first kappa shape index (κ1) is 19.0. The maximum absolute atomic E-state index is 12.2. The maximum Gasteiger partial charge on any atom is 0.273 e. The quantitative estimate of drug-likeness (QED) is 0.376. The minimum atomic E-state index is -0.362. The molecule has 0 bridgehead atoms. The van der Waals surface area contributed by atoms with Crippen molar-refractivity contribution < 1.29 is 4.79 Å². The topological polar surface area (TPSA) is 72.4 Å². The molecule has 0 spiro atoms. The Kier molecular flexibility index (Phi) is 5.54. The van der Waals surface area contributed by atoms with Gasteiger partial charge < -0.3 is 10.3 Å². The van der Waals surface area contributed by atoms with Gasteiger partial charge in [0, 0.05) is 27.7 Å². The number of hydrogen-bond acceptors (Lipinski definition) is 3. The second kappa shape index (κ2) is 7.86. The number of nitrogens with zero attached hydrogens (tertiary/aromatic N) is 2. The van der Waals surface area contributed by atoms with Crippen LogP contribution in [0.5, 0.6) is 0 Å². The van der Waals surface area contributed by atoms with Crippen LogP contribution in [0.4, 0.5) is 5.69 Å². The van der Waals surface area contributed by atoms with Crippen LogP contribution in [0.1, 0.15) is 27.3 Å². The van der Waals surface area contributed by atoms with Gasteiger partial charge in [-0.3, -0.25) is 4.79 Å². The van der Waals surface area contributed by atoms with Gasteiger partial charge in [-0.2, -0.15) is 5.10 Å². The number of para-hydroxylation sites is 1. The molecule has 3 rings (SSSR count). The number of aryl methyl sites for hydroxylation is 1. The fourth-order valence-corrected chi connectivity index (χ4v) is 3.37.